The summed E-state index contributed by atoms with van der Waals surface area (Å²) in [6.45, 7) is 11.7. The molecule has 0 radical (unpaired) electrons. The van der Waals surface area contributed by atoms with Crippen LogP contribution in [0.1, 0.15) is 84.2 Å². The lowest BCUT2D eigenvalue weighted by Crippen LogP contribution is -2.47. The molecule has 0 aromatic heterocycles. The number of phenolic OH excluding ortho intramolecular Hbond substituents is 2. The Morgan fingerprint density at radius 3 is 2.29 bits per heavy atom. The van der Waals surface area contributed by atoms with E-state index in [9.17, 15) is 24.9 Å². The van der Waals surface area contributed by atoms with E-state index in [2.05, 4.69) is 31.1 Å². The van der Waals surface area contributed by atoms with Crippen LogP contribution in [0.3, 0.4) is 0 Å². The SMILES string of the molecule is CO[C@@]12C=C[C@@H](CC1)c1c(O)c3c(c(O)c12)C(=O)C1=C(CC(O)(C#C[Si](C)(C)C)CC1OC(C)(C)C)C3=O. The van der Waals surface area contributed by atoms with Gasteiger partial charge in [-0.15, -0.1) is 5.54 Å². The molecule has 0 aliphatic heterocycles. The van der Waals surface area contributed by atoms with Crippen LogP contribution in [-0.2, 0) is 15.1 Å². The fourth-order valence-electron chi connectivity index (χ4n) is 6.28. The zero-order valence-electron chi connectivity index (χ0n) is 23.1. The maximum absolute atomic E-state index is 14.1. The van der Waals surface area contributed by atoms with E-state index in [-0.39, 0.29) is 52.5 Å². The Balaban J connectivity index is 1.73. The highest BCUT2D eigenvalue weighted by atomic mass is 28.3. The largest absolute Gasteiger partial charge is 0.507 e. The molecular weight excluding hydrogens is 500 g/mol. The Morgan fingerprint density at radius 2 is 1.74 bits per heavy atom. The van der Waals surface area contributed by atoms with Crippen molar-refractivity contribution in [3.05, 3.63) is 45.6 Å². The fraction of sp³-hybridized carbons (Fsp3) is 0.533. The number of methoxy groups -OCH3 is 1. The highest BCUT2D eigenvalue weighted by molar-refractivity contribution is 6.83. The maximum Gasteiger partial charge on any atom is 0.196 e. The molecule has 0 heterocycles. The van der Waals surface area contributed by atoms with Crippen molar-refractivity contribution in [3.63, 3.8) is 0 Å². The number of aliphatic hydroxyl groups is 1. The molecule has 7 nitrogen and oxygen atoms in total. The summed E-state index contributed by atoms with van der Waals surface area (Å²) in [5, 5.41) is 34.7. The molecule has 0 fully saturated rings. The molecule has 8 heteroatoms. The summed E-state index contributed by atoms with van der Waals surface area (Å²) >= 11 is 0. The van der Waals surface area contributed by atoms with E-state index >= 15 is 0 Å². The number of benzene rings is 1. The number of Topliss-reactive ketones (excluding diaryl/α,β-unsaturated/α-hetero) is 2. The number of ether oxygens (including phenoxy) is 2. The summed E-state index contributed by atoms with van der Waals surface area (Å²) < 4.78 is 12.1. The molecule has 0 saturated heterocycles. The molecule has 5 aliphatic rings. The topological polar surface area (TPSA) is 113 Å². The summed E-state index contributed by atoms with van der Waals surface area (Å²) in [4.78, 5) is 28.2. The van der Waals surface area contributed by atoms with Gasteiger partial charge in [0, 0.05) is 48.1 Å². The van der Waals surface area contributed by atoms with Crippen molar-refractivity contribution in [2.24, 2.45) is 0 Å². The van der Waals surface area contributed by atoms with Crippen LogP contribution in [0.2, 0.25) is 19.6 Å². The van der Waals surface area contributed by atoms with Crippen LogP contribution in [0.5, 0.6) is 11.5 Å². The second-order valence-corrected chi connectivity index (χ2v) is 17.8. The average molecular weight is 537 g/mol. The van der Waals surface area contributed by atoms with Crippen LogP contribution in [0.4, 0.5) is 0 Å². The van der Waals surface area contributed by atoms with Gasteiger partial charge in [-0.25, -0.2) is 0 Å². The zero-order chi connectivity index (χ0) is 28.0. The molecule has 1 aromatic rings. The quantitative estimate of drug-likeness (QED) is 0.218. The lowest BCUT2D eigenvalue weighted by Gasteiger charge is -2.45. The third-order valence-electron chi connectivity index (χ3n) is 7.85. The van der Waals surface area contributed by atoms with Crippen molar-refractivity contribution in [2.75, 3.05) is 7.11 Å². The highest BCUT2D eigenvalue weighted by Gasteiger charge is 2.53. The summed E-state index contributed by atoms with van der Waals surface area (Å²) in [7, 11) is -0.334. The minimum absolute atomic E-state index is 0.0133. The summed E-state index contributed by atoms with van der Waals surface area (Å²) in [6.07, 6.45) is 3.97. The van der Waals surface area contributed by atoms with Gasteiger partial charge in [-0.05, 0) is 33.6 Å². The van der Waals surface area contributed by atoms with Crippen molar-refractivity contribution in [3.8, 4) is 23.0 Å². The molecule has 0 amide bonds. The van der Waals surface area contributed by atoms with Crippen LogP contribution in [0.25, 0.3) is 0 Å². The second-order valence-electron chi connectivity index (χ2n) is 13.0. The van der Waals surface area contributed by atoms with Crippen LogP contribution in [0, 0.1) is 11.5 Å². The molecule has 2 unspecified atom stereocenters. The van der Waals surface area contributed by atoms with E-state index in [0.717, 1.165) is 0 Å². The third-order valence-corrected chi connectivity index (χ3v) is 8.72. The van der Waals surface area contributed by atoms with E-state index in [4.69, 9.17) is 9.47 Å². The molecule has 3 N–H and O–H groups in total. The number of hydrogen-bond acceptors (Lipinski definition) is 7. The maximum atomic E-state index is 14.1. The van der Waals surface area contributed by atoms with Gasteiger partial charge in [0.25, 0.3) is 0 Å². The normalized spacial score (nSPS) is 30.0. The van der Waals surface area contributed by atoms with Crippen molar-refractivity contribution in [1.29, 1.82) is 0 Å². The summed E-state index contributed by atoms with van der Waals surface area (Å²) in [5.41, 5.74) is 0.494. The fourth-order valence-corrected chi connectivity index (χ4v) is 6.88. The van der Waals surface area contributed by atoms with Crippen LogP contribution >= 0.6 is 0 Å². The van der Waals surface area contributed by atoms with Gasteiger partial charge in [0.05, 0.1) is 22.8 Å². The number of ketones is 2. The average Bonchev–Trinajstić information content (AvgIpc) is 2.82. The monoisotopic (exact) mass is 536 g/mol. The molecule has 38 heavy (non-hydrogen) atoms. The van der Waals surface area contributed by atoms with Gasteiger partial charge in [0.15, 0.2) is 11.6 Å². The molecule has 6 rings (SSSR count). The summed E-state index contributed by atoms with van der Waals surface area (Å²) in [6, 6.07) is 0. The Morgan fingerprint density at radius 1 is 1.08 bits per heavy atom. The number of rotatable bonds is 2. The number of carbonyl (C=O) groups excluding carboxylic acids is 2. The third kappa shape index (κ3) is 4.08. The molecule has 2 bridgehead atoms. The van der Waals surface area contributed by atoms with Gasteiger partial charge in [0.1, 0.15) is 30.8 Å². The predicted octanol–water partition coefficient (Wildman–Crippen LogP) is 4.65. The van der Waals surface area contributed by atoms with Crippen molar-refractivity contribution in [1.82, 2.24) is 0 Å². The first kappa shape index (κ1) is 26.9. The summed E-state index contributed by atoms with van der Waals surface area (Å²) in [5.74, 6) is 1.01. The molecule has 0 spiro atoms. The Hall–Kier alpha value is -2.70. The first-order chi connectivity index (χ1) is 17.5. The minimum Gasteiger partial charge on any atom is -0.507 e. The lowest BCUT2D eigenvalue weighted by atomic mass is 9.64. The zero-order valence-corrected chi connectivity index (χ0v) is 24.1. The standard InChI is InChI=1S/C30H36O7Si/c1-28(2,3)37-18-15-29(35,12-13-38(5,6)7)14-17-20(18)26(33)22-21(24(17)31)25(32)19-16-8-10-30(36-4,11-9-16)23(19)27(22)34/h8,10,16,18,32,34-35H,9,11,14-15H2,1-7H3/t16-,18?,29?,30-/m0/s1. The predicted molar refractivity (Wildman–Crippen MR) is 145 cm³/mol. The Bertz CT molecular complexity index is 1390. The van der Waals surface area contributed by atoms with E-state index in [1.807, 2.05) is 32.9 Å². The first-order valence-corrected chi connectivity index (χ1v) is 16.6. The molecular formula is C30H36O7Si. The number of hydrogen-bond donors (Lipinski definition) is 3. The van der Waals surface area contributed by atoms with Gasteiger partial charge in [0.2, 0.25) is 0 Å². The number of carbonyl (C=O) groups is 2. The van der Waals surface area contributed by atoms with Gasteiger partial charge >= 0.3 is 0 Å². The molecule has 1 aromatic carbocycles. The lowest BCUT2D eigenvalue weighted by molar-refractivity contribution is -0.0747. The first-order valence-electron chi connectivity index (χ1n) is 13.1. The molecule has 5 aliphatic carbocycles. The van der Waals surface area contributed by atoms with E-state index in [1.54, 1.807) is 0 Å². The second kappa shape index (κ2) is 8.40. The molecule has 4 atom stereocenters. The van der Waals surface area contributed by atoms with Gasteiger partial charge in [-0.2, -0.15) is 0 Å². The number of aromatic hydroxyl groups is 2. The smallest absolute Gasteiger partial charge is 0.196 e. The highest BCUT2D eigenvalue weighted by Crippen LogP contribution is 2.59. The van der Waals surface area contributed by atoms with Gasteiger partial charge in [-0.3, -0.25) is 9.59 Å². The Kier molecular flexibility index (Phi) is 5.94. The van der Waals surface area contributed by atoms with Gasteiger partial charge in [-0.1, -0.05) is 37.7 Å². The van der Waals surface area contributed by atoms with E-state index in [0.29, 0.717) is 24.0 Å². The van der Waals surface area contributed by atoms with Crippen LogP contribution < -0.4 is 0 Å². The molecule has 202 valence electrons. The minimum atomic E-state index is -1.86. The van der Waals surface area contributed by atoms with E-state index in [1.165, 1.54) is 7.11 Å². The number of allylic oxidation sites excluding steroid dienone is 1. The van der Waals surface area contributed by atoms with Crippen molar-refractivity contribution < 1.29 is 34.4 Å². The number of phenols is 2. The van der Waals surface area contributed by atoms with Crippen LogP contribution in [0.15, 0.2) is 23.3 Å². The molecule has 0 saturated carbocycles. The van der Waals surface area contributed by atoms with Crippen molar-refractivity contribution >= 4 is 19.6 Å². The Labute approximate surface area is 224 Å². The number of fused-ring (bicyclic) bond motifs is 2. The van der Waals surface area contributed by atoms with Crippen molar-refractivity contribution in [2.45, 2.75) is 94.9 Å². The van der Waals surface area contributed by atoms with Crippen LogP contribution in [-0.4, -0.2) is 59.4 Å². The van der Waals surface area contributed by atoms with E-state index < -0.39 is 42.5 Å². The van der Waals surface area contributed by atoms with Gasteiger partial charge < -0.3 is 24.8 Å².